The molecule has 0 radical (unpaired) electrons. The lowest BCUT2D eigenvalue weighted by molar-refractivity contribution is -0.136. The molecule has 0 bridgehead atoms. The highest BCUT2D eigenvalue weighted by Crippen LogP contribution is 2.21. The van der Waals surface area contributed by atoms with Crippen molar-refractivity contribution in [3.63, 3.8) is 0 Å². The van der Waals surface area contributed by atoms with E-state index in [4.69, 9.17) is 16.7 Å². The van der Waals surface area contributed by atoms with Crippen molar-refractivity contribution in [3.8, 4) is 0 Å². The lowest BCUT2D eigenvalue weighted by atomic mass is 10.1. The Bertz CT molecular complexity index is 750. The summed E-state index contributed by atoms with van der Waals surface area (Å²) in [7, 11) is 0. The Morgan fingerprint density at radius 1 is 1.14 bits per heavy atom. The van der Waals surface area contributed by atoms with Gasteiger partial charge in [-0.15, -0.1) is 0 Å². The van der Waals surface area contributed by atoms with Crippen LogP contribution in [0.25, 0.3) is 0 Å². The molecular formula is C15H10ClF2NO3. The number of aliphatic carboxylic acids is 1. The van der Waals surface area contributed by atoms with E-state index in [1.165, 1.54) is 12.1 Å². The molecule has 0 heterocycles. The van der Waals surface area contributed by atoms with Crippen molar-refractivity contribution in [1.29, 1.82) is 0 Å². The minimum atomic E-state index is -1.19. The molecule has 1 amide bonds. The number of carbonyl (C=O) groups excluding carboxylic acids is 1. The van der Waals surface area contributed by atoms with Gasteiger partial charge in [-0.2, -0.15) is 0 Å². The lowest BCUT2D eigenvalue weighted by Gasteiger charge is -2.08. The van der Waals surface area contributed by atoms with Crippen LogP contribution in [-0.4, -0.2) is 17.0 Å². The van der Waals surface area contributed by atoms with Crippen LogP contribution in [0, 0.1) is 11.6 Å². The summed E-state index contributed by atoms with van der Waals surface area (Å²) in [6.07, 6.45) is -0.199. The Balaban J connectivity index is 2.22. The molecule has 0 aromatic heterocycles. The number of hydrogen-bond acceptors (Lipinski definition) is 2. The highest BCUT2D eigenvalue weighted by Gasteiger charge is 2.15. The summed E-state index contributed by atoms with van der Waals surface area (Å²) in [5.74, 6) is -4.07. The van der Waals surface area contributed by atoms with E-state index >= 15 is 0 Å². The third-order valence-electron chi connectivity index (χ3n) is 2.79. The average molecular weight is 326 g/mol. The molecule has 0 aliphatic heterocycles. The molecule has 114 valence electrons. The van der Waals surface area contributed by atoms with Crippen LogP contribution in [0.3, 0.4) is 0 Å². The molecule has 2 aromatic carbocycles. The molecule has 0 saturated carbocycles. The molecule has 0 unspecified atom stereocenters. The zero-order valence-electron chi connectivity index (χ0n) is 11.1. The number of nitrogens with one attached hydrogen (secondary N) is 1. The van der Waals surface area contributed by atoms with E-state index in [0.717, 1.165) is 0 Å². The molecule has 7 heteroatoms. The summed E-state index contributed by atoms with van der Waals surface area (Å²) in [5, 5.41) is 11.0. The molecule has 2 aromatic rings. The first-order valence-corrected chi connectivity index (χ1v) is 6.51. The van der Waals surface area contributed by atoms with Gasteiger partial charge in [0.15, 0.2) is 11.6 Å². The molecule has 0 aliphatic rings. The van der Waals surface area contributed by atoms with Crippen LogP contribution in [0.4, 0.5) is 14.5 Å². The summed E-state index contributed by atoms with van der Waals surface area (Å²) >= 11 is 5.72. The standard InChI is InChI=1S/C15H10ClF2NO3/c16-11-7-13(18)12(17)6-10(11)15(22)19-9-3-1-2-8(4-9)5-14(20)21/h1-4,6-7H,5H2,(H,19,22)(H,20,21). The summed E-state index contributed by atoms with van der Waals surface area (Å²) < 4.78 is 26.2. The second-order valence-corrected chi connectivity index (χ2v) is 4.88. The van der Waals surface area contributed by atoms with Crippen LogP contribution in [0.15, 0.2) is 36.4 Å². The number of benzene rings is 2. The highest BCUT2D eigenvalue weighted by atomic mass is 35.5. The minimum Gasteiger partial charge on any atom is -0.481 e. The topological polar surface area (TPSA) is 66.4 Å². The number of hydrogen-bond donors (Lipinski definition) is 2. The molecule has 4 nitrogen and oxygen atoms in total. The van der Waals surface area contributed by atoms with Crippen LogP contribution in [0.1, 0.15) is 15.9 Å². The highest BCUT2D eigenvalue weighted by molar-refractivity contribution is 6.34. The van der Waals surface area contributed by atoms with Crippen molar-refractivity contribution in [2.75, 3.05) is 5.32 Å². The number of anilines is 1. The van der Waals surface area contributed by atoms with Gasteiger partial charge in [-0.3, -0.25) is 9.59 Å². The Hall–Kier alpha value is -2.47. The van der Waals surface area contributed by atoms with E-state index in [2.05, 4.69) is 5.32 Å². The first-order chi connectivity index (χ1) is 10.4. The summed E-state index contributed by atoms with van der Waals surface area (Å²) in [4.78, 5) is 22.7. The number of carbonyl (C=O) groups is 2. The number of carboxylic acids is 1. The minimum absolute atomic E-state index is 0.199. The van der Waals surface area contributed by atoms with Crippen LogP contribution in [0.2, 0.25) is 5.02 Å². The fourth-order valence-electron chi connectivity index (χ4n) is 1.83. The molecule has 2 N–H and O–H groups in total. The predicted octanol–water partition coefficient (Wildman–Crippen LogP) is 3.50. The zero-order valence-corrected chi connectivity index (χ0v) is 11.8. The van der Waals surface area contributed by atoms with Crippen LogP contribution in [0.5, 0.6) is 0 Å². The maximum absolute atomic E-state index is 13.2. The molecular weight excluding hydrogens is 316 g/mol. The second kappa shape index (κ2) is 6.53. The van der Waals surface area contributed by atoms with Crippen molar-refractivity contribution in [1.82, 2.24) is 0 Å². The van der Waals surface area contributed by atoms with Gasteiger partial charge in [0.1, 0.15) is 0 Å². The molecule has 0 spiro atoms. The zero-order chi connectivity index (χ0) is 16.3. The summed E-state index contributed by atoms with van der Waals surface area (Å²) in [6.45, 7) is 0. The first kappa shape index (κ1) is 15.9. The van der Waals surface area contributed by atoms with Crippen molar-refractivity contribution in [2.45, 2.75) is 6.42 Å². The fourth-order valence-corrected chi connectivity index (χ4v) is 2.06. The molecule has 0 saturated heterocycles. The SMILES string of the molecule is O=C(O)Cc1cccc(NC(=O)c2cc(F)c(F)cc2Cl)c1. The third-order valence-corrected chi connectivity index (χ3v) is 3.11. The molecule has 0 aliphatic carbocycles. The van der Waals surface area contributed by atoms with E-state index in [1.54, 1.807) is 12.1 Å². The van der Waals surface area contributed by atoms with Gasteiger partial charge < -0.3 is 10.4 Å². The van der Waals surface area contributed by atoms with Gasteiger partial charge in [-0.05, 0) is 29.8 Å². The van der Waals surface area contributed by atoms with Crippen molar-refractivity contribution < 1.29 is 23.5 Å². The molecule has 2 rings (SSSR count). The van der Waals surface area contributed by atoms with E-state index in [9.17, 15) is 18.4 Å². The Labute approximate surface area is 129 Å². The monoisotopic (exact) mass is 325 g/mol. The van der Waals surface area contributed by atoms with Crippen molar-refractivity contribution >= 4 is 29.2 Å². The fraction of sp³-hybridized carbons (Fsp3) is 0.0667. The van der Waals surface area contributed by atoms with Crippen molar-refractivity contribution in [2.24, 2.45) is 0 Å². The second-order valence-electron chi connectivity index (χ2n) is 4.47. The van der Waals surface area contributed by atoms with Gasteiger partial charge in [0.25, 0.3) is 5.91 Å². The van der Waals surface area contributed by atoms with E-state index in [-0.39, 0.29) is 17.0 Å². The predicted molar refractivity (Wildman–Crippen MR) is 77.1 cm³/mol. The van der Waals surface area contributed by atoms with Gasteiger partial charge >= 0.3 is 5.97 Å². The normalized spacial score (nSPS) is 10.3. The number of carboxylic acid groups (broad SMARTS) is 1. The smallest absolute Gasteiger partial charge is 0.307 e. The van der Waals surface area contributed by atoms with Gasteiger partial charge in [0, 0.05) is 5.69 Å². The van der Waals surface area contributed by atoms with Gasteiger partial charge in [0.2, 0.25) is 0 Å². The quantitative estimate of drug-likeness (QED) is 0.846. The third kappa shape index (κ3) is 3.79. The Kier molecular flexibility index (Phi) is 4.72. The van der Waals surface area contributed by atoms with E-state index < -0.39 is 23.5 Å². The maximum Gasteiger partial charge on any atom is 0.307 e. The number of amides is 1. The van der Waals surface area contributed by atoms with E-state index in [1.807, 2.05) is 0 Å². The van der Waals surface area contributed by atoms with E-state index in [0.29, 0.717) is 23.4 Å². The number of halogens is 3. The maximum atomic E-state index is 13.2. The largest absolute Gasteiger partial charge is 0.481 e. The van der Waals surface area contributed by atoms with Crippen LogP contribution < -0.4 is 5.32 Å². The van der Waals surface area contributed by atoms with Gasteiger partial charge in [0.05, 0.1) is 17.0 Å². The summed E-state index contributed by atoms with van der Waals surface area (Å²) in [5.41, 5.74) is 0.593. The first-order valence-electron chi connectivity index (χ1n) is 6.13. The lowest BCUT2D eigenvalue weighted by Crippen LogP contribution is -2.13. The van der Waals surface area contributed by atoms with Crippen molar-refractivity contribution in [3.05, 3.63) is 64.2 Å². The molecule has 0 atom stereocenters. The van der Waals surface area contributed by atoms with Crippen LogP contribution in [-0.2, 0) is 11.2 Å². The molecule has 22 heavy (non-hydrogen) atoms. The van der Waals surface area contributed by atoms with Gasteiger partial charge in [-0.25, -0.2) is 8.78 Å². The Morgan fingerprint density at radius 3 is 2.50 bits per heavy atom. The summed E-state index contributed by atoms with van der Waals surface area (Å²) in [6, 6.07) is 7.59. The van der Waals surface area contributed by atoms with Crippen LogP contribution >= 0.6 is 11.6 Å². The number of rotatable bonds is 4. The van der Waals surface area contributed by atoms with Gasteiger partial charge in [-0.1, -0.05) is 23.7 Å². The average Bonchev–Trinajstić information content (AvgIpc) is 2.42. The Morgan fingerprint density at radius 2 is 1.82 bits per heavy atom. The molecule has 0 fully saturated rings.